The lowest BCUT2D eigenvalue weighted by atomic mass is 10.0. The van der Waals surface area contributed by atoms with Crippen molar-refractivity contribution in [3.05, 3.63) is 117 Å². The van der Waals surface area contributed by atoms with E-state index in [2.05, 4.69) is 25.5 Å². The summed E-state index contributed by atoms with van der Waals surface area (Å²) in [7, 11) is 0. The van der Waals surface area contributed by atoms with E-state index in [-0.39, 0.29) is 23.9 Å². The highest BCUT2D eigenvalue weighted by atomic mass is 35.5. The average Bonchev–Trinajstić information content (AvgIpc) is 3.65. The molecule has 216 valence electrons. The number of pyridine rings is 1. The molecule has 3 heterocycles. The molecule has 1 atom stereocenters. The Bertz CT molecular complexity index is 1990. The lowest BCUT2D eigenvalue weighted by Gasteiger charge is -2.29. The van der Waals surface area contributed by atoms with Gasteiger partial charge in [-0.15, -0.1) is 5.10 Å². The van der Waals surface area contributed by atoms with E-state index in [0.717, 1.165) is 11.6 Å². The summed E-state index contributed by atoms with van der Waals surface area (Å²) in [5.41, 5.74) is 2.92. The molecule has 3 aromatic carbocycles. The molecule has 0 saturated heterocycles. The number of H-pyrrole nitrogens is 2. The van der Waals surface area contributed by atoms with Crippen LogP contribution in [0.5, 0.6) is 5.75 Å². The number of aromatic hydroxyl groups is 1. The van der Waals surface area contributed by atoms with Gasteiger partial charge in [0.2, 0.25) is 0 Å². The summed E-state index contributed by atoms with van der Waals surface area (Å²) in [5, 5.41) is 33.2. The van der Waals surface area contributed by atoms with Crippen molar-refractivity contribution >= 4 is 40.2 Å². The Morgan fingerprint density at radius 1 is 1.02 bits per heavy atom. The van der Waals surface area contributed by atoms with E-state index in [1.807, 2.05) is 30.3 Å². The van der Waals surface area contributed by atoms with E-state index in [1.165, 1.54) is 15.9 Å². The van der Waals surface area contributed by atoms with Gasteiger partial charge >= 0.3 is 6.09 Å². The molecule has 0 radical (unpaired) electrons. The van der Waals surface area contributed by atoms with E-state index in [1.54, 1.807) is 36.4 Å². The summed E-state index contributed by atoms with van der Waals surface area (Å²) in [6.07, 6.45) is 0.489. The molecule has 4 N–H and O–H groups in total. The summed E-state index contributed by atoms with van der Waals surface area (Å²) < 4.78 is 1.43. The Labute approximate surface area is 253 Å². The molecule has 0 saturated carbocycles. The van der Waals surface area contributed by atoms with E-state index < -0.39 is 17.7 Å². The second-order valence-corrected chi connectivity index (χ2v) is 10.5. The van der Waals surface area contributed by atoms with Crippen LogP contribution in [0.3, 0.4) is 0 Å². The predicted molar refractivity (Wildman–Crippen MR) is 159 cm³/mol. The molecule has 6 aromatic rings. The van der Waals surface area contributed by atoms with Crippen molar-refractivity contribution < 1.29 is 15.0 Å². The molecular weight excluding hydrogens is 595 g/mol. The molecule has 6 rings (SSSR count). The molecule has 0 unspecified atom stereocenters. The van der Waals surface area contributed by atoms with Crippen molar-refractivity contribution in [2.75, 3.05) is 0 Å². The average molecular weight is 617 g/mol. The van der Waals surface area contributed by atoms with Gasteiger partial charge in [-0.3, -0.25) is 9.69 Å². The number of nitrogens with zero attached hydrogens (tertiary/aromatic N) is 6. The third-order valence-corrected chi connectivity index (χ3v) is 7.47. The van der Waals surface area contributed by atoms with Crippen LogP contribution in [0.2, 0.25) is 10.2 Å². The number of carboxylic acid groups (broad SMARTS) is 1. The molecular formula is C29H22Cl2N8O4. The van der Waals surface area contributed by atoms with Gasteiger partial charge in [0.15, 0.2) is 0 Å². The van der Waals surface area contributed by atoms with Crippen LogP contribution >= 0.6 is 23.2 Å². The molecule has 0 spiro atoms. The van der Waals surface area contributed by atoms with Gasteiger partial charge in [-0.2, -0.15) is 0 Å². The molecule has 1 amide bonds. The number of nitrogens with one attached hydrogen (secondary N) is 2. The van der Waals surface area contributed by atoms with E-state index in [9.17, 15) is 19.8 Å². The fourth-order valence-electron chi connectivity index (χ4n) is 4.96. The van der Waals surface area contributed by atoms with Crippen molar-refractivity contribution in [1.29, 1.82) is 0 Å². The highest BCUT2D eigenvalue weighted by Gasteiger charge is 2.30. The van der Waals surface area contributed by atoms with Gasteiger partial charge in [0, 0.05) is 28.5 Å². The molecule has 0 fully saturated rings. The molecule has 0 aliphatic carbocycles. The SMILES string of the molecule is O=C(O)N(Cc1cc(Cl)ccc1-n1cnnn1)[C@@H](Cc1ccccc1)c1nc(-c2ccc3[nH]c(=O)cc(O)c3c2)c(Cl)[nH]1. The van der Waals surface area contributed by atoms with Crippen LogP contribution in [0.15, 0.2) is 83.9 Å². The Morgan fingerprint density at radius 2 is 1.84 bits per heavy atom. The summed E-state index contributed by atoms with van der Waals surface area (Å²) in [6, 6.07) is 19.7. The molecule has 12 nitrogen and oxygen atoms in total. The van der Waals surface area contributed by atoms with Crippen LogP contribution in [-0.4, -0.2) is 56.4 Å². The zero-order valence-corrected chi connectivity index (χ0v) is 23.7. The number of hydrogen-bond acceptors (Lipinski definition) is 7. The van der Waals surface area contributed by atoms with Crippen LogP contribution in [0, 0.1) is 0 Å². The maximum Gasteiger partial charge on any atom is 0.408 e. The summed E-state index contributed by atoms with van der Waals surface area (Å²) in [6.45, 7) is -0.0759. The molecule has 0 aliphatic rings. The van der Waals surface area contributed by atoms with Gasteiger partial charge in [-0.1, -0.05) is 59.6 Å². The van der Waals surface area contributed by atoms with Crippen molar-refractivity contribution in [2.45, 2.75) is 19.0 Å². The van der Waals surface area contributed by atoms with Gasteiger partial charge in [-0.05, 0) is 51.9 Å². The maximum absolute atomic E-state index is 12.9. The number of hydrogen-bond donors (Lipinski definition) is 4. The Morgan fingerprint density at radius 3 is 2.58 bits per heavy atom. The lowest BCUT2D eigenvalue weighted by molar-refractivity contribution is 0.117. The number of rotatable bonds is 8. The van der Waals surface area contributed by atoms with Crippen molar-refractivity contribution in [3.63, 3.8) is 0 Å². The van der Waals surface area contributed by atoms with Crippen LogP contribution in [0.1, 0.15) is 23.0 Å². The van der Waals surface area contributed by atoms with Crippen LogP contribution in [0.4, 0.5) is 4.79 Å². The van der Waals surface area contributed by atoms with Crippen LogP contribution in [-0.2, 0) is 13.0 Å². The molecule has 0 aliphatic heterocycles. The summed E-state index contributed by atoms with van der Waals surface area (Å²) in [4.78, 5) is 36.4. The number of aromatic amines is 2. The van der Waals surface area contributed by atoms with Crippen molar-refractivity contribution in [3.8, 4) is 22.7 Å². The van der Waals surface area contributed by atoms with Crippen molar-refractivity contribution in [2.24, 2.45) is 0 Å². The standard InChI is InChI=1S/C29H22Cl2N8O4/c30-19-7-9-22(39-15-32-36-37-39)18(11-19)14-38(29(42)43)23(10-16-4-2-1-3-5-16)28-34-26(27(31)35-28)17-6-8-21-20(12-17)24(40)13-25(41)33-21/h1-9,11-13,15,23H,10,14H2,(H,34,35)(H,42,43)(H2,33,40,41)/t23-/m0/s1. The first-order valence-electron chi connectivity index (χ1n) is 12.9. The minimum Gasteiger partial charge on any atom is -0.507 e. The largest absolute Gasteiger partial charge is 0.507 e. The normalized spacial score (nSPS) is 12.0. The Balaban J connectivity index is 1.44. The third kappa shape index (κ3) is 5.78. The Kier molecular flexibility index (Phi) is 7.53. The van der Waals surface area contributed by atoms with E-state index in [4.69, 9.17) is 28.2 Å². The monoisotopic (exact) mass is 616 g/mol. The maximum atomic E-state index is 12.9. The highest BCUT2D eigenvalue weighted by Crippen LogP contribution is 2.35. The summed E-state index contributed by atoms with van der Waals surface area (Å²) >= 11 is 13.0. The second kappa shape index (κ2) is 11.6. The topological polar surface area (TPSA) is 166 Å². The number of aromatic nitrogens is 7. The number of fused-ring (bicyclic) bond motifs is 1. The highest BCUT2D eigenvalue weighted by molar-refractivity contribution is 6.32. The first-order chi connectivity index (χ1) is 20.8. The van der Waals surface area contributed by atoms with Gasteiger partial charge in [0.25, 0.3) is 5.56 Å². The van der Waals surface area contributed by atoms with E-state index in [0.29, 0.717) is 44.3 Å². The first-order valence-corrected chi connectivity index (χ1v) is 13.7. The molecule has 43 heavy (non-hydrogen) atoms. The number of amides is 1. The van der Waals surface area contributed by atoms with E-state index >= 15 is 0 Å². The Hall–Kier alpha value is -5.20. The minimum absolute atomic E-state index is 0.0759. The van der Waals surface area contributed by atoms with Gasteiger partial charge in [-0.25, -0.2) is 14.5 Å². The molecule has 3 aromatic heterocycles. The van der Waals surface area contributed by atoms with Crippen LogP contribution in [0.25, 0.3) is 27.8 Å². The summed E-state index contributed by atoms with van der Waals surface area (Å²) in [5.74, 6) is 0.120. The minimum atomic E-state index is -1.20. The fraction of sp³-hybridized carbons (Fsp3) is 0.103. The fourth-order valence-corrected chi connectivity index (χ4v) is 5.41. The number of imidazole rings is 1. The first kappa shape index (κ1) is 27.9. The predicted octanol–water partition coefficient (Wildman–Crippen LogP) is 5.37. The number of tetrazole rings is 1. The van der Waals surface area contributed by atoms with Crippen LogP contribution < -0.4 is 5.56 Å². The lowest BCUT2D eigenvalue weighted by Crippen LogP contribution is -2.35. The smallest absolute Gasteiger partial charge is 0.408 e. The quantitative estimate of drug-likeness (QED) is 0.177. The second-order valence-electron chi connectivity index (χ2n) is 9.71. The van der Waals surface area contributed by atoms with Gasteiger partial charge in [0.1, 0.15) is 28.7 Å². The zero-order valence-electron chi connectivity index (χ0n) is 22.1. The third-order valence-electron chi connectivity index (χ3n) is 6.96. The van der Waals surface area contributed by atoms with Gasteiger partial charge in [0.05, 0.1) is 23.8 Å². The number of halogens is 2. The zero-order chi connectivity index (χ0) is 30.1. The van der Waals surface area contributed by atoms with Crippen molar-refractivity contribution in [1.82, 2.24) is 40.1 Å². The molecule has 0 bridgehead atoms. The number of benzene rings is 3. The number of carbonyl (C=O) groups is 1. The molecule has 14 heteroatoms. The van der Waals surface area contributed by atoms with Gasteiger partial charge < -0.3 is 20.2 Å².